The van der Waals surface area contributed by atoms with Gasteiger partial charge in [0.05, 0.1) is 17.9 Å². The van der Waals surface area contributed by atoms with Crippen LogP contribution in [0.1, 0.15) is 5.56 Å². The van der Waals surface area contributed by atoms with Crippen LogP contribution in [-0.4, -0.2) is 27.8 Å². The molecule has 0 heterocycles. The first-order chi connectivity index (χ1) is 7.51. The normalized spacial score (nSPS) is 10.8. The Morgan fingerprint density at radius 2 is 2.25 bits per heavy atom. The number of benzene rings is 1. The zero-order valence-corrected chi connectivity index (χ0v) is 9.62. The van der Waals surface area contributed by atoms with E-state index >= 15 is 0 Å². The lowest BCUT2D eigenvalue weighted by Crippen LogP contribution is -2.26. The predicted molar refractivity (Wildman–Crippen MR) is 59.5 cm³/mol. The maximum absolute atomic E-state index is 10.7. The van der Waals surface area contributed by atoms with E-state index in [0.29, 0.717) is 11.3 Å². The number of rotatable bonds is 5. The first kappa shape index (κ1) is 12.5. The highest BCUT2D eigenvalue weighted by Gasteiger charge is 2.00. The molecular weight excluding hydrogens is 228 g/mol. The molecule has 0 bridgehead atoms. The minimum absolute atomic E-state index is 0.204. The first-order valence-corrected chi connectivity index (χ1v) is 6.48. The van der Waals surface area contributed by atoms with E-state index in [-0.39, 0.29) is 13.2 Å². The van der Waals surface area contributed by atoms with Crippen molar-refractivity contribution in [1.82, 2.24) is 4.72 Å². The average Bonchev–Trinajstić information content (AvgIpc) is 2.23. The van der Waals surface area contributed by atoms with Gasteiger partial charge in [0.2, 0.25) is 10.0 Å². The maximum Gasteiger partial charge on any atom is 0.208 e. The molecule has 1 aromatic rings. The van der Waals surface area contributed by atoms with Crippen LogP contribution >= 0.6 is 0 Å². The van der Waals surface area contributed by atoms with Gasteiger partial charge in [-0.15, -0.1) is 0 Å². The summed E-state index contributed by atoms with van der Waals surface area (Å²) < 4.78 is 29.0. The molecule has 5 nitrogen and oxygen atoms in total. The van der Waals surface area contributed by atoms with Crippen molar-refractivity contribution in [3.63, 3.8) is 0 Å². The highest BCUT2D eigenvalue weighted by atomic mass is 32.2. The quantitative estimate of drug-likeness (QED) is 0.759. The van der Waals surface area contributed by atoms with E-state index in [1.54, 1.807) is 24.3 Å². The standard InChI is InChI=1S/C10H12N2O3S/c1-16(13,14)12-5-6-15-10-4-2-3-9(7-10)8-11/h2-4,7,12H,5-6H2,1H3. The van der Waals surface area contributed by atoms with Crippen LogP contribution in [-0.2, 0) is 10.0 Å². The zero-order chi connectivity index (χ0) is 12.0. The summed E-state index contributed by atoms with van der Waals surface area (Å²) in [6.07, 6.45) is 1.09. The van der Waals surface area contributed by atoms with Gasteiger partial charge in [-0.2, -0.15) is 5.26 Å². The van der Waals surface area contributed by atoms with Crippen molar-refractivity contribution in [2.24, 2.45) is 0 Å². The summed E-state index contributed by atoms with van der Waals surface area (Å²) in [6.45, 7) is 0.428. The second kappa shape index (κ2) is 5.49. The van der Waals surface area contributed by atoms with Crippen LogP contribution < -0.4 is 9.46 Å². The molecule has 0 unspecified atom stereocenters. The number of sulfonamides is 1. The van der Waals surface area contributed by atoms with Crippen molar-refractivity contribution in [1.29, 1.82) is 5.26 Å². The third-order valence-electron chi connectivity index (χ3n) is 1.70. The third-order valence-corrected chi connectivity index (χ3v) is 2.43. The van der Waals surface area contributed by atoms with Crippen molar-refractivity contribution >= 4 is 10.0 Å². The number of hydrogen-bond acceptors (Lipinski definition) is 4. The Balaban J connectivity index is 2.41. The molecule has 0 saturated heterocycles. The van der Waals surface area contributed by atoms with Gasteiger partial charge >= 0.3 is 0 Å². The number of nitrogens with zero attached hydrogens (tertiary/aromatic N) is 1. The number of hydrogen-bond donors (Lipinski definition) is 1. The Kier molecular flexibility index (Phi) is 4.28. The van der Waals surface area contributed by atoms with Gasteiger partial charge < -0.3 is 4.74 Å². The largest absolute Gasteiger partial charge is 0.492 e. The van der Waals surface area contributed by atoms with Crippen molar-refractivity contribution in [3.05, 3.63) is 29.8 Å². The van der Waals surface area contributed by atoms with Gasteiger partial charge in [0.25, 0.3) is 0 Å². The predicted octanol–water partition coefficient (Wildman–Crippen LogP) is 0.486. The Morgan fingerprint density at radius 3 is 2.88 bits per heavy atom. The first-order valence-electron chi connectivity index (χ1n) is 4.59. The lowest BCUT2D eigenvalue weighted by molar-refractivity contribution is 0.323. The van der Waals surface area contributed by atoms with Gasteiger partial charge in [0.15, 0.2) is 0 Å². The molecule has 86 valence electrons. The number of nitriles is 1. The maximum atomic E-state index is 10.7. The van der Waals surface area contributed by atoms with Gasteiger partial charge in [0.1, 0.15) is 12.4 Å². The Labute approximate surface area is 94.7 Å². The average molecular weight is 240 g/mol. The summed E-state index contributed by atoms with van der Waals surface area (Å²) in [4.78, 5) is 0. The number of nitrogens with one attached hydrogen (secondary N) is 1. The second-order valence-electron chi connectivity index (χ2n) is 3.15. The van der Waals surface area contributed by atoms with E-state index in [4.69, 9.17) is 10.00 Å². The Morgan fingerprint density at radius 1 is 1.50 bits per heavy atom. The van der Waals surface area contributed by atoms with E-state index < -0.39 is 10.0 Å². The minimum atomic E-state index is -3.17. The molecule has 0 saturated carbocycles. The van der Waals surface area contributed by atoms with Crippen LogP contribution in [0, 0.1) is 11.3 Å². The van der Waals surface area contributed by atoms with Gasteiger partial charge in [-0.1, -0.05) is 6.07 Å². The molecule has 0 fully saturated rings. The van der Waals surface area contributed by atoms with E-state index in [9.17, 15) is 8.42 Å². The minimum Gasteiger partial charge on any atom is -0.492 e. The topological polar surface area (TPSA) is 79.2 Å². The van der Waals surface area contributed by atoms with Crippen molar-refractivity contribution in [2.75, 3.05) is 19.4 Å². The highest BCUT2D eigenvalue weighted by molar-refractivity contribution is 7.88. The zero-order valence-electron chi connectivity index (χ0n) is 8.80. The summed E-state index contributed by atoms with van der Waals surface area (Å²) in [7, 11) is -3.17. The summed E-state index contributed by atoms with van der Waals surface area (Å²) in [5.74, 6) is 0.550. The molecule has 0 spiro atoms. The summed E-state index contributed by atoms with van der Waals surface area (Å²) in [5.41, 5.74) is 0.508. The van der Waals surface area contributed by atoms with E-state index in [0.717, 1.165) is 6.26 Å². The molecule has 1 rings (SSSR count). The van der Waals surface area contributed by atoms with Crippen LogP contribution in [0.25, 0.3) is 0 Å². The molecular formula is C10H12N2O3S. The van der Waals surface area contributed by atoms with Crippen LogP contribution in [0.5, 0.6) is 5.75 Å². The monoisotopic (exact) mass is 240 g/mol. The molecule has 0 aliphatic carbocycles. The summed E-state index contributed by atoms with van der Waals surface area (Å²) >= 11 is 0. The lowest BCUT2D eigenvalue weighted by atomic mass is 10.2. The van der Waals surface area contributed by atoms with Crippen LogP contribution in [0.2, 0.25) is 0 Å². The van der Waals surface area contributed by atoms with E-state index in [2.05, 4.69) is 4.72 Å². The fourth-order valence-electron chi connectivity index (χ4n) is 1.05. The van der Waals surface area contributed by atoms with Crippen LogP contribution in [0.15, 0.2) is 24.3 Å². The number of ether oxygens (including phenoxy) is 1. The molecule has 0 aromatic heterocycles. The summed E-state index contributed by atoms with van der Waals surface area (Å²) in [5, 5.41) is 8.64. The third kappa shape index (κ3) is 4.77. The van der Waals surface area contributed by atoms with Crippen molar-refractivity contribution < 1.29 is 13.2 Å². The molecule has 0 radical (unpaired) electrons. The van der Waals surface area contributed by atoms with E-state index in [1.165, 1.54) is 0 Å². The molecule has 0 aliphatic rings. The smallest absolute Gasteiger partial charge is 0.208 e. The van der Waals surface area contributed by atoms with Gasteiger partial charge in [-0.3, -0.25) is 0 Å². The molecule has 1 N–H and O–H groups in total. The molecule has 0 aliphatic heterocycles. The Hall–Kier alpha value is -1.58. The van der Waals surface area contributed by atoms with Gasteiger partial charge in [-0.05, 0) is 18.2 Å². The Bertz CT molecular complexity index is 491. The lowest BCUT2D eigenvalue weighted by Gasteiger charge is -2.06. The van der Waals surface area contributed by atoms with E-state index in [1.807, 2.05) is 6.07 Å². The van der Waals surface area contributed by atoms with Crippen LogP contribution in [0.4, 0.5) is 0 Å². The molecule has 1 aromatic carbocycles. The van der Waals surface area contributed by atoms with Crippen LogP contribution in [0.3, 0.4) is 0 Å². The SMILES string of the molecule is CS(=O)(=O)NCCOc1cccc(C#N)c1. The molecule has 0 amide bonds. The molecule has 16 heavy (non-hydrogen) atoms. The molecule has 6 heteroatoms. The van der Waals surface area contributed by atoms with Crippen molar-refractivity contribution in [3.8, 4) is 11.8 Å². The van der Waals surface area contributed by atoms with Crippen molar-refractivity contribution in [2.45, 2.75) is 0 Å². The highest BCUT2D eigenvalue weighted by Crippen LogP contribution is 2.11. The fraction of sp³-hybridized carbons (Fsp3) is 0.300. The summed E-state index contributed by atoms with van der Waals surface area (Å²) in [6, 6.07) is 8.67. The second-order valence-corrected chi connectivity index (χ2v) is 4.99. The fourth-order valence-corrected chi connectivity index (χ4v) is 1.51. The van der Waals surface area contributed by atoms with Gasteiger partial charge in [0, 0.05) is 6.54 Å². The van der Waals surface area contributed by atoms with Gasteiger partial charge in [-0.25, -0.2) is 13.1 Å². The molecule has 0 atom stereocenters.